The molecule has 4 nitrogen and oxygen atoms in total. The summed E-state index contributed by atoms with van der Waals surface area (Å²) in [5.74, 6) is -0.410. The highest BCUT2D eigenvalue weighted by atomic mass is 16.5. The van der Waals surface area contributed by atoms with Crippen LogP contribution in [0.25, 0.3) is 0 Å². The summed E-state index contributed by atoms with van der Waals surface area (Å²) in [7, 11) is 0. The number of carbonyl (C=O) groups is 2. The third-order valence-electron chi connectivity index (χ3n) is 2.27. The largest absolute Gasteiger partial charge is 0.366 e. The Morgan fingerprint density at radius 2 is 2.42 bits per heavy atom. The van der Waals surface area contributed by atoms with Crippen LogP contribution in [0.2, 0.25) is 0 Å². The highest BCUT2D eigenvalue weighted by Gasteiger charge is 2.40. The molecule has 3 atom stereocenters. The van der Waals surface area contributed by atoms with Crippen LogP contribution in [-0.4, -0.2) is 24.5 Å². The van der Waals surface area contributed by atoms with Crippen molar-refractivity contribution in [1.82, 2.24) is 5.32 Å². The van der Waals surface area contributed by atoms with Gasteiger partial charge in [0.25, 0.3) is 0 Å². The highest BCUT2D eigenvalue weighted by Crippen LogP contribution is 2.33. The van der Waals surface area contributed by atoms with E-state index in [1.165, 1.54) is 0 Å². The van der Waals surface area contributed by atoms with E-state index in [2.05, 4.69) is 5.32 Å². The van der Waals surface area contributed by atoms with Crippen molar-refractivity contribution in [3.8, 4) is 0 Å². The lowest BCUT2D eigenvalue weighted by Gasteiger charge is -2.11. The minimum atomic E-state index is -0.234. The number of ether oxygens (including phenoxy) is 1. The van der Waals surface area contributed by atoms with Gasteiger partial charge in [-0.2, -0.15) is 0 Å². The number of imide groups is 1. The van der Waals surface area contributed by atoms with Gasteiger partial charge in [0.1, 0.15) is 0 Å². The number of fused-ring (bicyclic) bond motifs is 2. The fraction of sp³-hybridized carbons (Fsp3) is 0.500. The molecule has 0 saturated carbocycles. The van der Waals surface area contributed by atoms with Gasteiger partial charge < -0.3 is 4.74 Å². The second-order valence-corrected chi connectivity index (χ2v) is 2.99. The number of nitrogens with one attached hydrogen (secondary N) is 1. The molecule has 2 amide bonds. The van der Waals surface area contributed by atoms with Crippen molar-refractivity contribution in [1.29, 1.82) is 0 Å². The minimum Gasteiger partial charge on any atom is -0.366 e. The fourth-order valence-electron chi connectivity index (χ4n) is 1.69. The maximum Gasteiger partial charge on any atom is 0.232 e. The van der Waals surface area contributed by atoms with Gasteiger partial charge >= 0.3 is 0 Å². The summed E-state index contributed by atoms with van der Waals surface area (Å²) < 4.78 is 5.36. The monoisotopic (exact) mass is 167 g/mol. The van der Waals surface area contributed by atoms with Crippen molar-refractivity contribution >= 4 is 12.3 Å². The van der Waals surface area contributed by atoms with Crippen LogP contribution in [0.15, 0.2) is 12.2 Å². The lowest BCUT2D eigenvalue weighted by Crippen LogP contribution is -2.34. The summed E-state index contributed by atoms with van der Waals surface area (Å²) >= 11 is 0. The predicted octanol–water partition coefficient (Wildman–Crippen LogP) is -0.398. The molecule has 0 aromatic carbocycles. The molecule has 0 spiro atoms. The molecule has 2 bridgehead atoms. The van der Waals surface area contributed by atoms with Crippen LogP contribution < -0.4 is 5.32 Å². The van der Waals surface area contributed by atoms with E-state index in [-0.39, 0.29) is 24.0 Å². The molecule has 2 aliphatic heterocycles. The first-order valence-corrected chi connectivity index (χ1v) is 3.89. The van der Waals surface area contributed by atoms with E-state index in [0.717, 1.165) is 0 Å². The molecule has 3 unspecified atom stereocenters. The zero-order valence-electron chi connectivity index (χ0n) is 6.40. The smallest absolute Gasteiger partial charge is 0.232 e. The summed E-state index contributed by atoms with van der Waals surface area (Å²) in [6.45, 7) is 0. The van der Waals surface area contributed by atoms with Crippen molar-refractivity contribution < 1.29 is 14.3 Å². The molecule has 0 aromatic heterocycles. The van der Waals surface area contributed by atoms with Gasteiger partial charge in [-0.1, -0.05) is 12.2 Å². The molecule has 2 aliphatic rings. The molecule has 0 radical (unpaired) electrons. The maximum atomic E-state index is 11.2. The zero-order chi connectivity index (χ0) is 8.55. The van der Waals surface area contributed by atoms with Gasteiger partial charge in [0, 0.05) is 0 Å². The number of amides is 2. The average molecular weight is 167 g/mol. The topological polar surface area (TPSA) is 55.4 Å². The third kappa shape index (κ3) is 1.04. The van der Waals surface area contributed by atoms with Crippen LogP contribution in [0.5, 0.6) is 0 Å². The predicted molar refractivity (Wildman–Crippen MR) is 40.1 cm³/mol. The Morgan fingerprint density at radius 3 is 2.92 bits per heavy atom. The molecule has 1 fully saturated rings. The average Bonchev–Trinajstić information content (AvgIpc) is 2.64. The van der Waals surface area contributed by atoms with Crippen molar-refractivity contribution in [2.75, 3.05) is 0 Å². The van der Waals surface area contributed by atoms with E-state index in [1.807, 2.05) is 12.2 Å². The van der Waals surface area contributed by atoms with Crippen LogP contribution in [0.3, 0.4) is 0 Å². The number of carbonyl (C=O) groups excluding carboxylic acids is 2. The standard InChI is InChI=1S/C8H9NO3/c10-4-9-8(11)6-3-5-1-2-7(6)12-5/h1-2,4-7H,3H2,(H,9,10,11). The lowest BCUT2D eigenvalue weighted by atomic mass is 9.94. The molecule has 12 heavy (non-hydrogen) atoms. The Balaban J connectivity index is 2.02. The van der Waals surface area contributed by atoms with Crippen LogP contribution in [0.1, 0.15) is 6.42 Å². The van der Waals surface area contributed by atoms with E-state index >= 15 is 0 Å². The van der Waals surface area contributed by atoms with Crippen LogP contribution >= 0.6 is 0 Å². The Kier molecular flexibility index (Phi) is 1.69. The van der Waals surface area contributed by atoms with E-state index in [4.69, 9.17) is 4.74 Å². The van der Waals surface area contributed by atoms with Crippen molar-refractivity contribution in [2.45, 2.75) is 18.6 Å². The summed E-state index contributed by atoms with van der Waals surface area (Å²) in [4.78, 5) is 21.2. The Bertz CT molecular complexity index is 249. The first-order valence-electron chi connectivity index (χ1n) is 3.89. The third-order valence-corrected chi connectivity index (χ3v) is 2.27. The van der Waals surface area contributed by atoms with Crippen molar-refractivity contribution in [3.05, 3.63) is 12.2 Å². The van der Waals surface area contributed by atoms with Crippen LogP contribution in [0, 0.1) is 5.92 Å². The molecular weight excluding hydrogens is 158 g/mol. The number of hydrogen-bond acceptors (Lipinski definition) is 3. The van der Waals surface area contributed by atoms with Gasteiger partial charge in [0.15, 0.2) is 0 Å². The molecule has 0 aliphatic carbocycles. The SMILES string of the molecule is O=CNC(=O)C1CC2C=CC1O2. The molecule has 64 valence electrons. The number of hydrogen-bond donors (Lipinski definition) is 1. The van der Waals surface area contributed by atoms with Gasteiger partial charge in [-0.05, 0) is 6.42 Å². The molecule has 1 N–H and O–H groups in total. The van der Waals surface area contributed by atoms with Crippen molar-refractivity contribution in [2.24, 2.45) is 5.92 Å². The number of rotatable bonds is 2. The summed E-state index contributed by atoms with van der Waals surface area (Å²) in [6, 6.07) is 0. The molecule has 0 aromatic rings. The quantitative estimate of drug-likeness (QED) is 0.450. The van der Waals surface area contributed by atoms with Crippen molar-refractivity contribution in [3.63, 3.8) is 0 Å². The van der Waals surface area contributed by atoms with Gasteiger partial charge in [-0.15, -0.1) is 0 Å². The zero-order valence-corrected chi connectivity index (χ0v) is 6.40. The fourth-order valence-corrected chi connectivity index (χ4v) is 1.69. The van der Waals surface area contributed by atoms with Gasteiger partial charge in [-0.3, -0.25) is 14.9 Å². The molecule has 2 rings (SSSR count). The van der Waals surface area contributed by atoms with Crippen LogP contribution in [0.4, 0.5) is 0 Å². The summed E-state index contributed by atoms with van der Waals surface area (Å²) in [5.41, 5.74) is 0. The van der Waals surface area contributed by atoms with Gasteiger partial charge in [-0.25, -0.2) is 0 Å². The van der Waals surface area contributed by atoms with E-state index < -0.39 is 0 Å². The summed E-state index contributed by atoms with van der Waals surface area (Å²) in [5, 5.41) is 2.14. The normalized spacial score (nSPS) is 36.8. The Morgan fingerprint density at radius 1 is 1.58 bits per heavy atom. The Hall–Kier alpha value is -1.16. The molecule has 1 saturated heterocycles. The van der Waals surface area contributed by atoms with Gasteiger partial charge in [0.05, 0.1) is 18.1 Å². The highest BCUT2D eigenvalue weighted by molar-refractivity contribution is 5.88. The van der Waals surface area contributed by atoms with E-state index in [9.17, 15) is 9.59 Å². The molecular formula is C8H9NO3. The van der Waals surface area contributed by atoms with Crippen LogP contribution in [-0.2, 0) is 14.3 Å². The molecule has 2 heterocycles. The first kappa shape index (κ1) is 7.49. The molecule has 4 heteroatoms. The first-order chi connectivity index (χ1) is 5.81. The minimum absolute atomic E-state index is 0.0809. The maximum absolute atomic E-state index is 11.2. The summed E-state index contributed by atoms with van der Waals surface area (Å²) in [6.07, 6.45) is 4.91. The van der Waals surface area contributed by atoms with E-state index in [1.54, 1.807) is 0 Å². The second-order valence-electron chi connectivity index (χ2n) is 2.99. The van der Waals surface area contributed by atoms with Gasteiger partial charge in [0.2, 0.25) is 12.3 Å². The second kappa shape index (κ2) is 2.71. The van der Waals surface area contributed by atoms with E-state index in [0.29, 0.717) is 12.8 Å². The lowest BCUT2D eigenvalue weighted by molar-refractivity contribution is -0.129. The Labute approximate surface area is 69.6 Å².